The van der Waals surface area contributed by atoms with E-state index in [2.05, 4.69) is 10.1 Å². The fraction of sp³-hybridized carbons (Fsp3) is 0.385. The van der Waals surface area contributed by atoms with Gasteiger partial charge in [0.15, 0.2) is 5.82 Å². The number of hydrogen-bond donors (Lipinski definition) is 0. The molecule has 19 heavy (non-hydrogen) atoms. The van der Waals surface area contributed by atoms with E-state index in [1.165, 1.54) is 12.1 Å². The molecule has 2 rings (SSSR count). The zero-order valence-corrected chi connectivity index (χ0v) is 10.7. The Labute approximate surface area is 108 Å². The van der Waals surface area contributed by atoms with Gasteiger partial charge < -0.3 is 4.52 Å². The van der Waals surface area contributed by atoms with Gasteiger partial charge in [0.25, 0.3) is 5.89 Å². The van der Waals surface area contributed by atoms with Crippen LogP contribution in [0, 0.1) is 0 Å². The van der Waals surface area contributed by atoms with Gasteiger partial charge in [0, 0.05) is 11.0 Å². The molecule has 0 aliphatic heterocycles. The Kier molecular flexibility index (Phi) is 3.12. The Morgan fingerprint density at radius 3 is 2.00 bits per heavy atom. The van der Waals surface area contributed by atoms with Crippen molar-refractivity contribution in [1.29, 1.82) is 0 Å². The Hall–Kier alpha value is -1.85. The molecule has 1 aromatic heterocycles. The minimum atomic E-state index is -4.34. The van der Waals surface area contributed by atoms with E-state index in [0.717, 1.165) is 12.1 Å². The summed E-state index contributed by atoms with van der Waals surface area (Å²) in [6.07, 6.45) is -4.34. The largest absolute Gasteiger partial charge is 0.416 e. The van der Waals surface area contributed by atoms with Crippen molar-refractivity contribution in [3.63, 3.8) is 0 Å². The van der Waals surface area contributed by atoms with Crippen molar-refractivity contribution < 1.29 is 17.7 Å². The highest BCUT2D eigenvalue weighted by Gasteiger charge is 2.30. The molecule has 2 aromatic rings. The lowest BCUT2D eigenvalue weighted by molar-refractivity contribution is -0.137. The summed E-state index contributed by atoms with van der Waals surface area (Å²) in [6.45, 7) is 5.77. The average Bonchev–Trinajstić information content (AvgIpc) is 2.77. The van der Waals surface area contributed by atoms with E-state index in [9.17, 15) is 13.2 Å². The van der Waals surface area contributed by atoms with Crippen LogP contribution in [0.4, 0.5) is 13.2 Å². The van der Waals surface area contributed by atoms with Crippen molar-refractivity contribution in [3.05, 3.63) is 35.7 Å². The van der Waals surface area contributed by atoms with Crippen molar-refractivity contribution in [1.82, 2.24) is 10.1 Å². The molecule has 0 atom stereocenters. The molecule has 0 unspecified atom stereocenters. The minimum Gasteiger partial charge on any atom is -0.334 e. The molecular weight excluding hydrogens is 257 g/mol. The van der Waals surface area contributed by atoms with Gasteiger partial charge in [0.05, 0.1) is 5.56 Å². The van der Waals surface area contributed by atoms with Crippen LogP contribution in [0.1, 0.15) is 32.2 Å². The van der Waals surface area contributed by atoms with Gasteiger partial charge in [0.1, 0.15) is 0 Å². The van der Waals surface area contributed by atoms with E-state index in [0.29, 0.717) is 11.4 Å². The van der Waals surface area contributed by atoms with Gasteiger partial charge in [-0.3, -0.25) is 0 Å². The first-order chi connectivity index (χ1) is 8.68. The Morgan fingerprint density at radius 1 is 1.00 bits per heavy atom. The highest BCUT2D eigenvalue weighted by atomic mass is 19.4. The predicted molar refractivity (Wildman–Crippen MR) is 63.4 cm³/mol. The van der Waals surface area contributed by atoms with E-state index < -0.39 is 11.7 Å². The summed E-state index contributed by atoms with van der Waals surface area (Å²) < 4.78 is 42.4. The van der Waals surface area contributed by atoms with Crippen LogP contribution >= 0.6 is 0 Å². The van der Waals surface area contributed by atoms with Gasteiger partial charge in [0.2, 0.25) is 0 Å². The number of benzene rings is 1. The lowest BCUT2D eigenvalue weighted by Crippen LogP contribution is -2.13. The molecule has 3 nitrogen and oxygen atoms in total. The summed E-state index contributed by atoms with van der Waals surface area (Å²) in [5, 5.41) is 3.83. The summed E-state index contributed by atoms with van der Waals surface area (Å²) in [4.78, 5) is 4.18. The molecule has 6 heteroatoms. The standard InChI is InChI=1S/C13H13F3N2O/c1-12(2,3)11-17-10(19-18-11)8-4-6-9(7-5-8)13(14,15)16/h4-7H,1-3H3. The zero-order valence-electron chi connectivity index (χ0n) is 10.7. The molecular formula is C13H13F3N2O. The molecule has 1 aromatic carbocycles. The molecule has 0 saturated carbocycles. The van der Waals surface area contributed by atoms with Crippen LogP contribution in [-0.2, 0) is 11.6 Å². The molecule has 0 fully saturated rings. The Balaban J connectivity index is 2.31. The number of rotatable bonds is 1. The molecule has 0 saturated heterocycles. The van der Waals surface area contributed by atoms with Gasteiger partial charge in [-0.1, -0.05) is 25.9 Å². The second kappa shape index (κ2) is 4.36. The fourth-order valence-electron chi connectivity index (χ4n) is 1.45. The van der Waals surface area contributed by atoms with E-state index in [-0.39, 0.29) is 11.3 Å². The van der Waals surface area contributed by atoms with Crippen molar-refractivity contribution in [3.8, 4) is 11.5 Å². The molecule has 0 aliphatic rings. The van der Waals surface area contributed by atoms with Crippen molar-refractivity contribution in [2.45, 2.75) is 32.4 Å². The van der Waals surface area contributed by atoms with Gasteiger partial charge >= 0.3 is 6.18 Å². The summed E-state index contributed by atoms with van der Waals surface area (Å²) in [5.74, 6) is 0.737. The quantitative estimate of drug-likeness (QED) is 0.784. The highest BCUT2D eigenvalue weighted by Crippen LogP contribution is 2.31. The van der Waals surface area contributed by atoms with Crippen LogP contribution in [0.3, 0.4) is 0 Å². The molecule has 0 spiro atoms. The first-order valence-corrected chi connectivity index (χ1v) is 5.70. The first kappa shape index (κ1) is 13.6. The fourth-order valence-corrected chi connectivity index (χ4v) is 1.45. The molecule has 0 aliphatic carbocycles. The molecule has 0 radical (unpaired) electrons. The Bertz CT molecular complexity index is 565. The van der Waals surface area contributed by atoms with Crippen LogP contribution < -0.4 is 0 Å². The van der Waals surface area contributed by atoms with E-state index in [1.807, 2.05) is 20.8 Å². The lowest BCUT2D eigenvalue weighted by Gasteiger charge is -2.10. The van der Waals surface area contributed by atoms with Crippen molar-refractivity contribution in [2.75, 3.05) is 0 Å². The number of aromatic nitrogens is 2. The molecule has 0 N–H and O–H groups in total. The third-order valence-electron chi connectivity index (χ3n) is 2.56. The molecule has 0 amide bonds. The van der Waals surface area contributed by atoms with Crippen LogP contribution in [0.25, 0.3) is 11.5 Å². The van der Waals surface area contributed by atoms with Crippen molar-refractivity contribution in [2.24, 2.45) is 0 Å². The maximum Gasteiger partial charge on any atom is 0.416 e. The molecule has 1 heterocycles. The predicted octanol–water partition coefficient (Wildman–Crippen LogP) is 4.05. The maximum absolute atomic E-state index is 12.4. The van der Waals surface area contributed by atoms with Gasteiger partial charge in [-0.2, -0.15) is 18.2 Å². The second-order valence-corrected chi connectivity index (χ2v) is 5.25. The monoisotopic (exact) mass is 270 g/mol. The van der Waals surface area contributed by atoms with Gasteiger partial charge in [-0.05, 0) is 24.3 Å². The highest BCUT2D eigenvalue weighted by molar-refractivity contribution is 5.53. The van der Waals surface area contributed by atoms with Gasteiger partial charge in [-0.25, -0.2) is 0 Å². The zero-order chi connectivity index (χ0) is 14.3. The third kappa shape index (κ3) is 2.94. The SMILES string of the molecule is CC(C)(C)c1noc(-c2ccc(C(F)(F)F)cc2)n1. The minimum absolute atomic E-state index is 0.221. The van der Waals surface area contributed by atoms with Crippen LogP contribution in [0.2, 0.25) is 0 Å². The van der Waals surface area contributed by atoms with Crippen LogP contribution in [-0.4, -0.2) is 10.1 Å². The summed E-state index contributed by atoms with van der Waals surface area (Å²) in [6, 6.07) is 4.64. The Morgan fingerprint density at radius 2 is 1.58 bits per heavy atom. The number of halogens is 3. The summed E-state index contributed by atoms with van der Waals surface area (Å²) >= 11 is 0. The van der Waals surface area contributed by atoms with E-state index in [4.69, 9.17) is 4.52 Å². The summed E-state index contributed by atoms with van der Waals surface area (Å²) in [5.41, 5.74) is -0.504. The van der Waals surface area contributed by atoms with E-state index in [1.54, 1.807) is 0 Å². The van der Waals surface area contributed by atoms with Crippen LogP contribution in [0.15, 0.2) is 28.8 Å². The normalized spacial score (nSPS) is 12.7. The molecule has 0 bridgehead atoms. The van der Waals surface area contributed by atoms with Crippen molar-refractivity contribution >= 4 is 0 Å². The number of alkyl halides is 3. The van der Waals surface area contributed by atoms with Gasteiger partial charge in [-0.15, -0.1) is 0 Å². The molecule has 102 valence electrons. The van der Waals surface area contributed by atoms with Crippen LogP contribution in [0.5, 0.6) is 0 Å². The lowest BCUT2D eigenvalue weighted by atomic mass is 9.96. The number of nitrogens with zero attached hydrogens (tertiary/aromatic N) is 2. The number of hydrogen-bond acceptors (Lipinski definition) is 3. The summed E-state index contributed by atoms with van der Waals surface area (Å²) in [7, 11) is 0. The first-order valence-electron chi connectivity index (χ1n) is 5.70. The topological polar surface area (TPSA) is 38.9 Å². The smallest absolute Gasteiger partial charge is 0.334 e. The maximum atomic E-state index is 12.4. The second-order valence-electron chi connectivity index (χ2n) is 5.25. The third-order valence-corrected chi connectivity index (χ3v) is 2.56. The average molecular weight is 270 g/mol. The van der Waals surface area contributed by atoms with E-state index >= 15 is 0 Å².